The number of aliphatic imine (C=N–C) groups is 1. The number of ether oxygens (including phenoxy) is 2. The Morgan fingerprint density at radius 1 is 1.15 bits per heavy atom. The molecule has 0 bridgehead atoms. The summed E-state index contributed by atoms with van der Waals surface area (Å²) < 4.78 is 11.1. The Morgan fingerprint density at radius 2 is 1.96 bits per heavy atom. The van der Waals surface area contributed by atoms with Crippen LogP contribution in [0.25, 0.3) is 0 Å². The van der Waals surface area contributed by atoms with Crippen molar-refractivity contribution in [2.24, 2.45) is 4.99 Å². The van der Waals surface area contributed by atoms with Gasteiger partial charge in [-0.05, 0) is 39.3 Å². The Labute approximate surface area is 158 Å². The highest BCUT2D eigenvalue weighted by Crippen LogP contribution is 2.18. The van der Waals surface area contributed by atoms with E-state index in [0.29, 0.717) is 13.2 Å². The average Bonchev–Trinajstić information content (AvgIpc) is 2.68. The molecule has 0 atom stereocenters. The summed E-state index contributed by atoms with van der Waals surface area (Å²) in [5.41, 5.74) is 1.11. The number of guanidine groups is 1. The third-order valence-electron chi connectivity index (χ3n) is 4.32. The maximum atomic E-state index is 5.68. The fourth-order valence-corrected chi connectivity index (χ4v) is 2.93. The quantitative estimate of drug-likeness (QED) is 0.380. The molecule has 0 spiro atoms. The highest BCUT2D eigenvalue weighted by atomic mass is 16.5. The van der Waals surface area contributed by atoms with Crippen LogP contribution in [0, 0.1) is 0 Å². The molecule has 6 nitrogen and oxygen atoms in total. The van der Waals surface area contributed by atoms with Crippen molar-refractivity contribution < 1.29 is 9.47 Å². The van der Waals surface area contributed by atoms with E-state index in [1.807, 2.05) is 25.1 Å². The van der Waals surface area contributed by atoms with Gasteiger partial charge in [0.05, 0.1) is 26.4 Å². The molecule has 2 N–H and O–H groups in total. The first-order valence-electron chi connectivity index (χ1n) is 9.86. The third kappa shape index (κ3) is 7.62. The first kappa shape index (κ1) is 20.5. The van der Waals surface area contributed by atoms with Crippen molar-refractivity contribution in [1.29, 1.82) is 0 Å². The first-order chi connectivity index (χ1) is 12.8. The van der Waals surface area contributed by atoms with Crippen LogP contribution in [-0.2, 0) is 11.3 Å². The van der Waals surface area contributed by atoms with E-state index in [-0.39, 0.29) is 0 Å². The van der Waals surface area contributed by atoms with Gasteiger partial charge in [-0.15, -0.1) is 0 Å². The lowest BCUT2D eigenvalue weighted by Gasteiger charge is -2.26. The fourth-order valence-electron chi connectivity index (χ4n) is 2.93. The predicted molar refractivity (Wildman–Crippen MR) is 107 cm³/mol. The minimum atomic E-state index is 0.610. The van der Waals surface area contributed by atoms with E-state index in [0.717, 1.165) is 69.6 Å². The topological polar surface area (TPSA) is 58.1 Å². The monoisotopic (exact) mass is 362 g/mol. The highest BCUT2D eigenvalue weighted by molar-refractivity contribution is 5.79. The maximum Gasteiger partial charge on any atom is 0.191 e. The Morgan fingerprint density at radius 3 is 2.73 bits per heavy atom. The van der Waals surface area contributed by atoms with Crippen molar-refractivity contribution in [2.45, 2.75) is 33.2 Å². The average molecular weight is 363 g/mol. The molecule has 0 aliphatic carbocycles. The maximum absolute atomic E-state index is 5.68. The van der Waals surface area contributed by atoms with Crippen molar-refractivity contribution >= 4 is 5.96 Å². The molecule has 6 heteroatoms. The summed E-state index contributed by atoms with van der Waals surface area (Å²) in [6.07, 6.45) is 2.33. The second-order valence-electron chi connectivity index (χ2n) is 6.32. The minimum Gasteiger partial charge on any atom is -0.494 e. The molecule has 1 aromatic carbocycles. The zero-order valence-electron chi connectivity index (χ0n) is 16.3. The fraction of sp³-hybridized carbons (Fsp3) is 0.650. The minimum absolute atomic E-state index is 0.610. The number of nitrogens with one attached hydrogen (secondary N) is 2. The number of hydrogen-bond donors (Lipinski definition) is 2. The highest BCUT2D eigenvalue weighted by Gasteiger charge is 2.09. The summed E-state index contributed by atoms with van der Waals surface area (Å²) in [7, 11) is 0. The molecular formula is C20H34N4O2. The Hall–Kier alpha value is -1.79. The SMILES string of the molecule is CCNC(=NCc1ccccc1OCC)NCCCCN1CCOCC1. The standard InChI is InChI=1S/C20H34N4O2/c1-3-21-20(22-11-7-8-12-24-13-15-25-16-14-24)23-17-18-9-5-6-10-19(18)26-4-2/h5-6,9-10H,3-4,7-8,11-17H2,1-2H3,(H2,21,22,23). The molecule has 1 saturated heterocycles. The van der Waals surface area contributed by atoms with Crippen molar-refractivity contribution in [2.75, 3.05) is 52.5 Å². The zero-order valence-corrected chi connectivity index (χ0v) is 16.3. The van der Waals surface area contributed by atoms with Crippen LogP contribution in [0.15, 0.2) is 29.3 Å². The van der Waals surface area contributed by atoms with E-state index in [9.17, 15) is 0 Å². The molecule has 0 unspecified atom stereocenters. The van der Waals surface area contributed by atoms with Gasteiger partial charge in [-0.25, -0.2) is 4.99 Å². The van der Waals surface area contributed by atoms with Crippen LogP contribution >= 0.6 is 0 Å². The molecule has 1 heterocycles. The van der Waals surface area contributed by atoms with Crippen LogP contribution in [0.4, 0.5) is 0 Å². The molecule has 2 rings (SSSR count). The first-order valence-corrected chi connectivity index (χ1v) is 9.86. The van der Waals surface area contributed by atoms with Crippen LogP contribution in [-0.4, -0.2) is 63.4 Å². The van der Waals surface area contributed by atoms with Gasteiger partial charge in [-0.2, -0.15) is 0 Å². The van der Waals surface area contributed by atoms with Crippen molar-refractivity contribution in [3.63, 3.8) is 0 Å². The molecule has 1 aliphatic rings. The van der Waals surface area contributed by atoms with E-state index in [1.165, 1.54) is 6.42 Å². The number of para-hydroxylation sites is 1. The summed E-state index contributed by atoms with van der Waals surface area (Å²) >= 11 is 0. The van der Waals surface area contributed by atoms with Crippen molar-refractivity contribution in [1.82, 2.24) is 15.5 Å². The second kappa shape index (κ2) is 12.5. The van der Waals surface area contributed by atoms with Gasteiger partial charge in [0.15, 0.2) is 5.96 Å². The van der Waals surface area contributed by atoms with E-state index >= 15 is 0 Å². The molecule has 0 aromatic heterocycles. The van der Waals surface area contributed by atoms with Crippen LogP contribution in [0.5, 0.6) is 5.75 Å². The van der Waals surface area contributed by atoms with Crippen molar-refractivity contribution in [3.05, 3.63) is 29.8 Å². The molecular weight excluding hydrogens is 328 g/mol. The molecule has 146 valence electrons. The number of unbranched alkanes of at least 4 members (excludes halogenated alkanes) is 1. The smallest absolute Gasteiger partial charge is 0.191 e. The lowest BCUT2D eigenvalue weighted by molar-refractivity contribution is 0.0372. The van der Waals surface area contributed by atoms with Crippen LogP contribution in [0.2, 0.25) is 0 Å². The summed E-state index contributed by atoms with van der Waals surface area (Å²) in [6.45, 7) is 12.2. The normalized spacial score (nSPS) is 15.7. The van der Waals surface area contributed by atoms with Crippen LogP contribution in [0.3, 0.4) is 0 Å². The Balaban J connectivity index is 1.73. The summed E-state index contributed by atoms with van der Waals surface area (Å²) in [6, 6.07) is 8.09. The van der Waals surface area contributed by atoms with E-state index in [1.54, 1.807) is 0 Å². The third-order valence-corrected chi connectivity index (χ3v) is 4.32. The largest absolute Gasteiger partial charge is 0.494 e. The Bertz CT molecular complexity index is 530. The molecule has 1 aliphatic heterocycles. The van der Waals surface area contributed by atoms with Crippen molar-refractivity contribution in [3.8, 4) is 5.75 Å². The van der Waals surface area contributed by atoms with Gasteiger partial charge in [-0.1, -0.05) is 18.2 Å². The van der Waals surface area contributed by atoms with Gasteiger partial charge < -0.3 is 20.1 Å². The number of morpholine rings is 1. The molecule has 0 amide bonds. The molecule has 0 saturated carbocycles. The number of rotatable bonds is 10. The lowest BCUT2D eigenvalue weighted by atomic mass is 10.2. The van der Waals surface area contributed by atoms with Gasteiger partial charge in [0.1, 0.15) is 5.75 Å². The van der Waals surface area contributed by atoms with E-state index in [4.69, 9.17) is 14.5 Å². The second-order valence-corrected chi connectivity index (χ2v) is 6.32. The predicted octanol–water partition coefficient (Wildman–Crippen LogP) is 2.25. The molecule has 0 radical (unpaired) electrons. The van der Waals surface area contributed by atoms with Gasteiger partial charge in [0, 0.05) is 31.7 Å². The molecule has 26 heavy (non-hydrogen) atoms. The molecule has 1 aromatic rings. The zero-order chi connectivity index (χ0) is 18.5. The summed E-state index contributed by atoms with van der Waals surface area (Å²) in [4.78, 5) is 7.18. The van der Waals surface area contributed by atoms with E-state index in [2.05, 4.69) is 28.5 Å². The van der Waals surface area contributed by atoms with E-state index < -0.39 is 0 Å². The molecule has 1 fully saturated rings. The summed E-state index contributed by atoms with van der Waals surface area (Å²) in [5, 5.41) is 6.75. The van der Waals surface area contributed by atoms with Crippen LogP contribution in [0.1, 0.15) is 32.3 Å². The lowest BCUT2D eigenvalue weighted by Crippen LogP contribution is -2.39. The van der Waals surface area contributed by atoms with Crippen LogP contribution < -0.4 is 15.4 Å². The number of nitrogens with zero attached hydrogens (tertiary/aromatic N) is 2. The van der Waals surface area contributed by atoms with Gasteiger partial charge >= 0.3 is 0 Å². The number of hydrogen-bond acceptors (Lipinski definition) is 4. The summed E-state index contributed by atoms with van der Waals surface area (Å²) in [5.74, 6) is 1.78. The Kier molecular flexibility index (Phi) is 9.90. The van der Waals surface area contributed by atoms with Gasteiger partial charge in [-0.3, -0.25) is 4.90 Å². The van der Waals surface area contributed by atoms with Gasteiger partial charge in [0.2, 0.25) is 0 Å². The van der Waals surface area contributed by atoms with Gasteiger partial charge in [0.25, 0.3) is 0 Å². The number of benzene rings is 1.